The van der Waals surface area contributed by atoms with Crippen molar-refractivity contribution in [3.8, 4) is 11.6 Å². The minimum atomic E-state index is -0.328. The third-order valence-corrected chi connectivity index (χ3v) is 3.20. The van der Waals surface area contributed by atoms with Crippen LogP contribution in [0.2, 0.25) is 0 Å². The number of hydrogen-bond donors (Lipinski definition) is 0. The van der Waals surface area contributed by atoms with E-state index < -0.39 is 0 Å². The summed E-state index contributed by atoms with van der Waals surface area (Å²) in [5.74, 6) is 0.599. The Morgan fingerprint density at radius 2 is 2.16 bits per heavy atom. The highest BCUT2D eigenvalue weighted by Crippen LogP contribution is 2.31. The maximum atomic E-state index is 13.0. The van der Waals surface area contributed by atoms with Crippen LogP contribution in [-0.2, 0) is 0 Å². The first-order valence-corrected chi connectivity index (χ1v) is 6.37. The molecule has 0 radical (unpaired) electrons. The van der Waals surface area contributed by atoms with Crippen molar-refractivity contribution in [1.82, 2.24) is 14.6 Å². The Bertz CT molecular complexity index is 757. The van der Waals surface area contributed by atoms with Crippen molar-refractivity contribution in [1.29, 1.82) is 0 Å². The number of benzene rings is 1. The van der Waals surface area contributed by atoms with Gasteiger partial charge in [-0.1, -0.05) is 0 Å². The molecule has 6 heteroatoms. The maximum Gasteiger partial charge on any atom is 0.245 e. The molecule has 1 aromatic carbocycles. The van der Waals surface area contributed by atoms with Gasteiger partial charge in [0.15, 0.2) is 0 Å². The summed E-state index contributed by atoms with van der Waals surface area (Å²) in [5, 5.41) is 4.28. The average Bonchev–Trinajstić information content (AvgIpc) is 2.74. The number of aromatic nitrogens is 3. The number of halogens is 2. The van der Waals surface area contributed by atoms with Gasteiger partial charge in [0.2, 0.25) is 5.88 Å². The van der Waals surface area contributed by atoms with Crippen LogP contribution in [0.1, 0.15) is 5.69 Å². The van der Waals surface area contributed by atoms with Crippen molar-refractivity contribution < 1.29 is 9.13 Å². The van der Waals surface area contributed by atoms with Gasteiger partial charge in [0.1, 0.15) is 17.1 Å². The predicted octanol–water partition coefficient (Wildman–Crippen LogP) is 3.73. The van der Waals surface area contributed by atoms with E-state index in [0.717, 1.165) is 11.2 Å². The topological polar surface area (TPSA) is 39.4 Å². The smallest absolute Gasteiger partial charge is 0.245 e. The van der Waals surface area contributed by atoms with Crippen LogP contribution >= 0.6 is 15.9 Å². The predicted molar refractivity (Wildman–Crippen MR) is 71.9 cm³/mol. The van der Waals surface area contributed by atoms with Crippen molar-refractivity contribution in [2.75, 3.05) is 0 Å². The fourth-order valence-electron chi connectivity index (χ4n) is 1.76. The second-order valence-electron chi connectivity index (χ2n) is 4.02. The van der Waals surface area contributed by atoms with Gasteiger partial charge in [-0.15, -0.1) is 0 Å². The highest BCUT2D eigenvalue weighted by molar-refractivity contribution is 9.10. The van der Waals surface area contributed by atoms with Gasteiger partial charge in [-0.05, 0) is 47.1 Å². The average molecular weight is 322 g/mol. The molecule has 0 aliphatic carbocycles. The van der Waals surface area contributed by atoms with Gasteiger partial charge in [-0.3, -0.25) is 0 Å². The Hall–Kier alpha value is -1.95. The molecule has 0 saturated heterocycles. The largest absolute Gasteiger partial charge is 0.436 e. The molecule has 0 amide bonds. The molecule has 0 saturated carbocycles. The molecule has 19 heavy (non-hydrogen) atoms. The van der Waals surface area contributed by atoms with E-state index in [1.54, 1.807) is 23.0 Å². The van der Waals surface area contributed by atoms with Crippen molar-refractivity contribution in [3.05, 3.63) is 52.6 Å². The molecule has 0 aliphatic heterocycles. The lowest BCUT2D eigenvalue weighted by Gasteiger charge is -2.07. The number of fused-ring (bicyclic) bond motifs is 1. The number of ether oxygens (including phenoxy) is 1. The third-order valence-electron chi connectivity index (χ3n) is 2.58. The van der Waals surface area contributed by atoms with E-state index in [2.05, 4.69) is 26.0 Å². The van der Waals surface area contributed by atoms with Gasteiger partial charge >= 0.3 is 0 Å². The lowest BCUT2D eigenvalue weighted by molar-refractivity contribution is 0.461. The molecule has 4 nitrogen and oxygen atoms in total. The standard InChI is InChI=1S/C13H9BrFN3O/c1-8-6-11-13(16-4-5-18(11)17-8)19-12-3-2-9(15)7-10(12)14/h2-7H,1H3. The summed E-state index contributed by atoms with van der Waals surface area (Å²) in [4.78, 5) is 4.18. The summed E-state index contributed by atoms with van der Waals surface area (Å²) in [7, 11) is 0. The summed E-state index contributed by atoms with van der Waals surface area (Å²) >= 11 is 3.26. The lowest BCUT2D eigenvalue weighted by Crippen LogP contribution is -1.94. The number of hydrogen-bond acceptors (Lipinski definition) is 3. The van der Waals surface area contributed by atoms with E-state index in [4.69, 9.17) is 4.74 Å². The van der Waals surface area contributed by atoms with Gasteiger partial charge in [-0.25, -0.2) is 13.9 Å². The van der Waals surface area contributed by atoms with Crippen LogP contribution in [0.25, 0.3) is 5.52 Å². The number of nitrogens with zero attached hydrogens (tertiary/aromatic N) is 3. The van der Waals surface area contributed by atoms with Crippen LogP contribution in [0.15, 0.2) is 41.1 Å². The molecule has 2 aromatic heterocycles. The molecule has 3 aromatic rings. The van der Waals surface area contributed by atoms with Crippen LogP contribution in [0.4, 0.5) is 4.39 Å². The third kappa shape index (κ3) is 2.31. The number of rotatable bonds is 2. The van der Waals surface area contributed by atoms with E-state index >= 15 is 0 Å². The molecule has 0 N–H and O–H groups in total. The van der Waals surface area contributed by atoms with Crippen LogP contribution in [0, 0.1) is 12.7 Å². The van der Waals surface area contributed by atoms with Gasteiger partial charge < -0.3 is 4.74 Å². The zero-order valence-electron chi connectivity index (χ0n) is 9.97. The van der Waals surface area contributed by atoms with Gasteiger partial charge in [0.25, 0.3) is 0 Å². The molecular formula is C13H9BrFN3O. The van der Waals surface area contributed by atoms with E-state index in [-0.39, 0.29) is 5.82 Å². The Morgan fingerprint density at radius 1 is 1.32 bits per heavy atom. The molecule has 0 bridgehead atoms. The Morgan fingerprint density at radius 3 is 2.95 bits per heavy atom. The molecule has 0 fully saturated rings. The van der Waals surface area contributed by atoms with Crippen molar-refractivity contribution in [3.63, 3.8) is 0 Å². The summed E-state index contributed by atoms with van der Waals surface area (Å²) < 4.78 is 21.0. The van der Waals surface area contributed by atoms with Crippen LogP contribution < -0.4 is 4.74 Å². The molecule has 2 heterocycles. The summed E-state index contributed by atoms with van der Waals surface area (Å²) in [5.41, 5.74) is 1.63. The fourth-order valence-corrected chi connectivity index (χ4v) is 2.19. The van der Waals surface area contributed by atoms with Crippen molar-refractivity contribution >= 4 is 21.4 Å². The number of aryl methyl sites for hydroxylation is 1. The first-order valence-electron chi connectivity index (χ1n) is 5.57. The second kappa shape index (κ2) is 4.62. The van der Waals surface area contributed by atoms with Gasteiger partial charge in [-0.2, -0.15) is 5.10 Å². The Balaban J connectivity index is 2.05. The molecular weight excluding hydrogens is 313 g/mol. The minimum Gasteiger partial charge on any atom is -0.436 e. The van der Waals surface area contributed by atoms with Crippen LogP contribution in [-0.4, -0.2) is 14.6 Å². The highest BCUT2D eigenvalue weighted by Gasteiger charge is 2.10. The monoisotopic (exact) mass is 321 g/mol. The first-order chi connectivity index (χ1) is 9.13. The van der Waals surface area contributed by atoms with E-state index in [1.807, 2.05) is 13.0 Å². The second-order valence-corrected chi connectivity index (χ2v) is 4.88. The van der Waals surface area contributed by atoms with E-state index in [0.29, 0.717) is 16.1 Å². The quantitative estimate of drug-likeness (QED) is 0.722. The normalized spacial score (nSPS) is 10.9. The fraction of sp³-hybridized carbons (Fsp3) is 0.0769. The Kier molecular flexibility index (Phi) is 2.94. The van der Waals surface area contributed by atoms with Crippen molar-refractivity contribution in [2.24, 2.45) is 0 Å². The molecule has 0 atom stereocenters. The SMILES string of the molecule is Cc1cc2c(Oc3ccc(F)cc3Br)nccn2n1. The first kappa shape index (κ1) is 12.1. The van der Waals surface area contributed by atoms with Crippen LogP contribution in [0.5, 0.6) is 11.6 Å². The van der Waals surface area contributed by atoms with Crippen molar-refractivity contribution in [2.45, 2.75) is 6.92 Å². The zero-order valence-corrected chi connectivity index (χ0v) is 11.6. The van der Waals surface area contributed by atoms with Gasteiger partial charge in [0, 0.05) is 12.4 Å². The van der Waals surface area contributed by atoms with Crippen LogP contribution in [0.3, 0.4) is 0 Å². The maximum absolute atomic E-state index is 13.0. The van der Waals surface area contributed by atoms with E-state index in [9.17, 15) is 4.39 Å². The zero-order chi connectivity index (χ0) is 13.4. The summed E-state index contributed by atoms with van der Waals surface area (Å²) in [6.07, 6.45) is 3.35. The summed E-state index contributed by atoms with van der Waals surface area (Å²) in [6, 6.07) is 6.10. The molecule has 3 rings (SSSR count). The lowest BCUT2D eigenvalue weighted by atomic mass is 10.3. The van der Waals surface area contributed by atoms with Gasteiger partial charge in [0.05, 0.1) is 10.2 Å². The molecule has 0 spiro atoms. The minimum absolute atomic E-state index is 0.328. The molecule has 96 valence electrons. The molecule has 0 aliphatic rings. The summed E-state index contributed by atoms with van der Waals surface area (Å²) in [6.45, 7) is 1.89. The Labute approximate surface area is 117 Å². The highest BCUT2D eigenvalue weighted by atomic mass is 79.9. The molecule has 0 unspecified atom stereocenters. The van der Waals surface area contributed by atoms with E-state index in [1.165, 1.54) is 12.1 Å².